The molecule has 0 aromatic heterocycles. The van der Waals surface area contributed by atoms with Crippen LogP contribution in [0.5, 0.6) is 0 Å². The van der Waals surface area contributed by atoms with E-state index in [-0.39, 0.29) is 0 Å². The van der Waals surface area contributed by atoms with Crippen molar-refractivity contribution in [2.75, 3.05) is 0 Å². The van der Waals surface area contributed by atoms with Gasteiger partial charge in [0.2, 0.25) is 0 Å². The fourth-order valence-electron chi connectivity index (χ4n) is 0. The summed E-state index contributed by atoms with van der Waals surface area (Å²) in [6.07, 6.45) is 0. The Morgan fingerprint density at radius 2 is 1.50 bits per heavy atom. The molecule has 0 rings (SSSR count). The van der Waals surface area contributed by atoms with Crippen molar-refractivity contribution in [1.82, 2.24) is 0 Å². The molecule has 3 N–H and O–H groups in total. The summed E-state index contributed by atoms with van der Waals surface area (Å²) in [4.78, 5) is 21.6. The lowest BCUT2D eigenvalue weighted by molar-refractivity contribution is 0.275. The zero-order valence-electron chi connectivity index (χ0n) is 4.14. The molecule has 0 heterocycles. The predicted octanol–water partition coefficient (Wildman–Crippen LogP) is -2.10. The van der Waals surface area contributed by atoms with Crippen molar-refractivity contribution < 1.29 is 19.2 Å². The Hall–Kier alpha value is -0.183. The lowest BCUT2D eigenvalue weighted by Crippen LogP contribution is -1.66. The van der Waals surface area contributed by atoms with Crippen LogP contribution >= 0.6 is 7.82 Å². The molecule has 0 saturated heterocycles. The largest absolute Gasteiger partial charge is 0.466 e. The maximum Gasteiger partial charge on any atom is 0.466 e. The van der Waals surface area contributed by atoms with Gasteiger partial charge >= 0.3 is 7.82 Å². The summed E-state index contributed by atoms with van der Waals surface area (Å²) in [5.41, 5.74) is 1.89. The molecule has 7 heteroatoms. The fourth-order valence-corrected chi connectivity index (χ4v) is 0. The van der Waals surface area contributed by atoms with Gasteiger partial charge in [-0.25, -0.2) is 9.83 Å². The van der Waals surface area contributed by atoms with Crippen molar-refractivity contribution in [2.45, 2.75) is 0 Å². The number of hydrogen-bond acceptors (Lipinski definition) is 2. The molecule has 0 aliphatic carbocycles. The summed E-state index contributed by atoms with van der Waals surface area (Å²) in [5, 5.41) is 7.38. The van der Waals surface area contributed by atoms with Gasteiger partial charge in [-0.05, 0) is 0 Å². The molecule has 0 atom stereocenters. The first-order chi connectivity index (χ1) is 3.41. The number of hydrogen-bond donors (Lipinski definition) is 3. The molecule has 0 aliphatic heterocycles. The van der Waals surface area contributed by atoms with E-state index in [4.69, 9.17) is 24.5 Å². The molecule has 0 saturated carbocycles. The quantitative estimate of drug-likeness (QED) is 0.275. The Bertz CT molecular complexity index is 114. The zero-order valence-corrected chi connectivity index (χ0v) is 7.04. The van der Waals surface area contributed by atoms with Crippen LogP contribution in [0.1, 0.15) is 0 Å². The van der Waals surface area contributed by atoms with Gasteiger partial charge in [-0.1, -0.05) is 0 Å². The van der Waals surface area contributed by atoms with Crippen LogP contribution in [0, 0.1) is 11.0 Å². The number of phosphoric acid groups is 1. The van der Waals surface area contributed by atoms with E-state index >= 15 is 0 Å². The third kappa shape index (κ3) is 4020. The number of nitriles is 1. The third-order valence-corrected chi connectivity index (χ3v) is 0. The molecule has 5 nitrogen and oxygen atoms in total. The van der Waals surface area contributed by atoms with Crippen LogP contribution in [0.2, 0.25) is 0 Å². The van der Waals surface area contributed by atoms with Crippen LogP contribution in [0.4, 0.5) is 0 Å². The van der Waals surface area contributed by atoms with Gasteiger partial charge in [0, 0.05) is 5.69 Å². The van der Waals surface area contributed by atoms with Crippen LogP contribution in [-0.2, 0) is 4.57 Å². The van der Waals surface area contributed by atoms with Gasteiger partial charge in [-0.15, -0.1) is 0 Å². The van der Waals surface area contributed by atoms with Gasteiger partial charge < -0.3 is 14.7 Å². The average Bonchev–Trinajstić information content (AvgIpc) is 1.27. The van der Waals surface area contributed by atoms with Crippen molar-refractivity contribution in [3.05, 3.63) is 0 Å². The Balaban J connectivity index is 0. The lowest BCUT2D eigenvalue weighted by atomic mass is 11.8. The van der Waals surface area contributed by atoms with Crippen LogP contribution in [0.3, 0.4) is 0 Å². The summed E-state index contributed by atoms with van der Waals surface area (Å²) in [5.74, 6) is 0. The molecule has 0 fully saturated rings. The first-order valence-electron chi connectivity index (χ1n) is 1.51. The first-order valence-corrected chi connectivity index (χ1v) is 4.07. The SMILES string of the molecule is N#C[SiH3].O=P(O)(O)O. The maximum absolute atomic E-state index is 8.88. The number of nitrogens with zero attached hydrogens (tertiary/aromatic N) is 1. The smallest absolute Gasteiger partial charge is 0.303 e. The third-order valence-electron chi connectivity index (χ3n) is 0. The molecule has 0 amide bonds. The van der Waals surface area contributed by atoms with Gasteiger partial charge in [0.1, 0.15) is 10.2 Å². The molecule has 0 aliphatic rings. The molecule has 0 bridgehead atoms. The highest BCUT2D eigenvalue weighted by atomic mass is 31.2. The second-order valence-electron chi connectivity index (χ2n) is 0.737. The standard InChI is InChI=1S/CH3NSi.H3O4P/c2-1-3;1-5(2,3)4/h3H3;(H3,1,2,3,4). The molecule has 0 spiro atoms. The zero-order chi connectivity index (χ0) is 7.21. The lowest BCUT2D eigenvalue weighted by Gasteiger charge is -1.82. The summed E-state index contributed by atoms with van der Waals surface area (Å²) in [6, 6.07) is 0. The Morgan fingerprint density at radius 1 is 1.50 bits per heavy atom. The Kier molecular flexibility index (Phi) is 6.66. The monoisotopic (exact) mass is 155 g/mol. The van der Waals surface area contributed by atoms with Crippen molar-refractivity contribution in [3.8, 4) is 5.69 Å². The van der Waals surface area contributed by atoms with E-state index in [0.717, 1.165) is 0 Å². The molecular weight excluding hydrogens is 149 g/mol. The second-order valence-corrected chi connectivity index (χ2v) is 2.21. The van der Waals surface area contributed by atoms with Crippen LogP contribution in [0.15, 0.2) is 0 Å². The normalized spacial score (nSPS) is 8.75. The minimum absolute atomic E-state index is 0.674. The van der Waals surface area contributed by atoms with Crippen molar-refractivity contribution in [3.63, 3.8) is 0 Å². The van der Waals surface area contributed by atoms with Gasteiger partial charge in [-0.2, -0.15) is 0 Å². The van der Waals surface area contributed by atoms with Gasteiger partial charge in [0.05, 0.1) is 0 Å². The van der Waals surface area contributed by atoms with E-state index in [1.165, 1.54) is 0 Å². The number of rotatable bonds is 0. The predicted molar refractivity (Wildman–Crippen MR) is 29.8 cm³/mol. The highest BCUT2D eigenvalue weighted by Gasteiger charge is 2.00. The molecule has 0 aromatic rings. The van der Waals surface area contributed by atoms with Gasteiger partial charge in [0.15, 0.2) is 0 Å². The molecule has 0 radical (unpaired) electrons. The molecule has 8 heavy (non-hydrogen) atoms. The van der Waals surface area contributed by atoms with Crippen LogP contribution in [-0.4, -0.2) is 24.9 Å². The van der Waals surface area contributed by atoms with Gasteiger partial charge in [-0.3, -0.25) is 0 Å². The van der Waals surface area contributed by atoms with E-state index < -0.39 is 7.82 Å². The molecule has 0 unspecified atom stereocenters. The molecular formula is CH6NO4PSi. The maximum atomic E-state index is 8.88. The summed E-state index contributed by atoms with van der Waals surface area (Å²) in [6.45, 7) is 0. The van der Waals surface area contributed by atoms with E-state index in [2.05, 4.69) is 0 Å². The van der Waals surface area contributed by atoms with Crippen molar-refractivity contribution in [2.24, 2.45) is 0 Å². The molecule has 0 aromatic carbocycles. The van der Waals surface area contributed by atoms with Crippen LogP contribution < -0.4 is 0 Å². The highest BCUT2D eigenvalue weighted by Crippen LogP contribution is 2.25. The van der Waals surface area contributed by atoms with Crippen molar-refractivity contribution in [1.29, 1.82) is 5.26 Å². The second kappa shape index (κ2) is 4.96. The Morgan fingerprint density at radius 3 is 1.50 bits per heavy atom. The summed E-state index contributed by atoms with van der Waals surface area (Å²) >= 11 is 0. The van der Waals surface area contributed by atoms with E-state index in [1.54, 1.807) is 0 Å². The fraction of sp³-hybridized carbons (Fsp3) is 0. The molecule has 48 valence electrons. The van der Waals surface area contributed by atoms with Gasteiger partial charge in [0.25, 0.3) is 0 Å². The minimum Gasteiger partial charge on any atom is -0.303 e. The average molecular weight is 155 g/mol. The highest BCUT2D eigenvalue weighted by molar-refractivity contribution is 7.45. The van der Waals surface area contributed by atoms with E-state index in [0.29, 0.717) is 10.2 Å². The first kappa shape index (κ1) is 10.7. The summed E-state index contributed by atoms with van der Waals surface area (Å²) < 4.78 is 8.88. The van der Waals surface area contributed by atoms with Crippen molar-refractivity contribution >= 4 is 18.1 Å². The topological polar surface area (TPSA) is 102 Å². The van der Waals surface area contributed by atoms with E-state index in [9.17, 15) is 0 Å². The van der Waals surface area contributed by atoms with Crippen LogP contribution in [0.25, 0.3) is 0 Å². The summed E-state index contributed by atoms with van der Waals surface area (Å²) in [7, 11) is -3.96. The minimum atomic E-state index is -4.64. The Labute approximate surface area is 49.2 Å². The van der Waals surface area contributed by atoms with E-state index in [1.807, 2.05) is 5.69 Å².